The van der Waals surface area contributed by atoms with Gasteiger partial charge in [0.2, 0.25) is 0 Å². The van der Waals surface area contributed by atoms with Gasteiger partial charge in [0.15, 0.2) is 0 Å². The molecule has 0 saturated heterocycles. The van der Waals surface area contributed by atoms with E-state index in [9.17, 15) is 4.79 Å². The highest BCUT2D eigenvalue weighted by Crippen LogP contribution is 2.57. The second-order valence-corrected chi connectivity index (χ2v) is 3.52. The Morgan fingerprint density at radius 2 is 2.10 bits per heavy atom. The molecule has 0 aromatic heterocycles. The van der Waals surface area contributed by atoms with Gasteiger partial charge in [-0.1, -0.05) is 13.8 Å². The maximum Gasteiger partial charge on any atom is 0.134 e. The minimum absolute atomic E-state index is 0.00231. The largest absolute Gasteiger partial charge is 0.300 e. The lowest BCUT2D eigenvalue weighted by Crippen LogP contribution is -1.99. The van der Waals surface area contributed by atoms with Gasteiger partial charge in [-0.05, 0) is 12.3 Å². The normalized spacial score (nSPS) is 34.6. The lowest BCUT2D eigenvalue weighted by atomic mass is 10.1. The number of rotatable bonds is 1. The lowest BCUT2D eigenvalue weighted by molar-refractivity contribution is -0.118. The molecule has 0 aliphatic heterocycles. The third-order valence-corrected chi connectivity index (χ3v) is 2.40. The van der Waals surface area contributed by atoms with Gasteiger partial charge in [0.25, 0.3) is 0 Å². The summed E-state index contributed by atoms with van der Waals surface area (Å²) in [5.74, 6) is 0.110. The van der Waals surface area contributed by atoms with Crippen molar-refractivity contribution in [2.24, 2.45) is 17.3 Å². The summed E-state index contributed by atoms with van der Waals surface area (Å²) in [6.45, 7) is 5.49. The summed E-state index contributed by atoms with van der Waals surface area (Å²) in [6, 6.07) is 2.14. The zero-order valence-electron chi connectivity index (χ0n) is 6.51. The molecule has 10 heavy (non-hydrogen) atoms. The summed E-state index contributed by atoms with van der Waals surface area (Å²) in [5, 5.41) is 8.56. The Hall–Kier alpha value is -0.840. The zero-order valence-corrected chi connectivity index (χ0v) is 6.51. The van der Waals surface area contributed by atoms with E-state index < -0.39 is 0 Å². The third kappa shape index (κ3) is 0.740. The number of nitrogens with zero attached hydrogens (tertiary/aromatic N) is 1. The maximum absolute atomic E-state index is 10.8. The van der Waals surface area contributed by atoms with Gasteiger partial charge < -0.3 is 0 Å². The molecule has 2 atom stereocenters. The molecule has 0 bridgehead atoms. The molecule has 2 nitrogen and oxygen atoms in total. The fourth-order valence-corrected chi connectivity index (χ4v) is 1.64. The van der Waals surface area contributed by atoms with Gasteiger partial charge in [0.05, 0.1) is 12.0 Å². The second-order valence-electron chi connectivity index (χ2n) is 3.52. The fraction of sp³-hybridized carbons (Fsp3) is 0.750. The van der Waals surface area contributed by atoms with Gasteiger partial charge in [-0.2, -0.15) is 5.26 Å². The average Bonchev–Trinajstić information content (AvgIpc) is 2.33. The van der Waals surface area contributed by atoms with Gasteiger partial charge in [0.1, 0.15) is 5.78 Å². The number of hydrogen-bond acceptors (Lipinski definition) is 2. The molecule has 0 amide bonds. The monoisotopic (exact) mass is 137 g/mol. The molecule has 1 saturated carbocycles. The molecule has 54 valence electrons. The summed E-state index contributed by atoms with van der Waals surface area (Å²) in [5.41, 5.74) is -0.0550. The van der Waals surface area contributed by atoms with Crippen LogP contribution in [-0.4, -0.2) is 5.78 Å². The highest BCUT2D eigenvalue weighted by atomic mass is 16.1. The second kappa shape index (κ2) is 1.82. The van der Waals surface area contributed by atoms with Crippen LogP contribution in [0, 0.1) is 28.6 Å². The highest BCUT2D eigenvalue weighted by molar-refractivity contribution is 5.83. The standard InChI is InChI=1S/C8H11NO/c1-5(10)7-6(4-9)8(7,2)3/h6-7H,1-3H3/t6-,7+/m0/s1. The van der Waals surface area contributed by atoms with E-state index in [1.165, 1.54) is 0 Å². The Morgan fingerprint density at radius 3 is 2.20 bits per heavy atom. The number of carbonyl (C=O) groups excluding carboxylic acids is 1. The summed E-state index contributed by atoms with van der Waals surface area (Å²) in [6.07, 6.45) is 0. The van der Waals surface area contributed by atoms with Crippen molar-refractivity contribution in [1.82, 2.24) is 0 Å². The summed E-state index contributed by atoms with van der Waals surface area (Å²) in [4.78, 5) is 10.8. The molecule has 0 spiro atoms. The molecule has 1 rings (SSSR count). The Morgan fingerprint density at radius 1 is 1.60 bits per heavy atom. The summed E-state index contributed by atoms with van der Waals surface area (Å²) in [7, 11) is 0. The first-order valence-corrected chi connectivity index (χ1v) is 3.42. The fourth-order valence-electron chi connectivity index (χ4n) is 1.64. The van der Waals surface area contributed by atoms with Crippen LogP contribution in [0.1, 0.15) is 20.8 Å². The van der Waals surface area contributed by atoms with Crippen molar-refractivity contribution in [3.63, 3.8) is 0 Å². The van der Waals surface area contributed by atoms with Crippen LogP contribution in [0.15, 0.2) is 0 Å². The van der Waals surface area contributed by atoms with Crippen LogP contribution in [0.2, 0.25) is 0 Å². The quantitative estimate of drug-likeness (QED) is 0.547. The lowest BCUT2D eigenvalue weighted by Gasteiger charge is -1.95. The van der Waals surface area contributed by atoms with E-state index in [1.807, 2.05) is 13.8 Å². The minimum atomic E-state index is -0.0550. The van der Waals surface area contributed by atoms with Crippen LogP contribution >= 0.6 is 0 Å². The van der Waals surface area contributed by atoms with Crippen molar-refractivity contribution >= 4 is 5.78 Å². The Bertz CT molecular complexity index is 212. The third-order valence-electron chi connectivity index (χ3n) is 2.40. The molecule has 0 aromatic carbocycles. The molecular weight excluding hydrogens is 126 g/mol. The first-order valence-electron chi connectivity index (χ1n) is 3.42. The molecule has 0 heterocycles. The molecule has 1 aliphatic rings. The smallest absolute Gasteiger partial charge is 0.134 e. The van der Waals surface area contributed by atoms with Crippen molar-refractivity contribution in [1.29, 1.82) is 5.26 Å². The van der Waals surface area contributed by atoms with Crippen LogP contribution in [0.25, 0.3) is 0 Å². The Kier molecular flexibility index (Phi) is 1.32. The van der Waals surface area contributed by atoms with Crippen LogP contribution in [0.5, 0.6) is 0 Å². The highest BCUT2D eigenvalue weighted by Gasteiger charge is 2.60. The molecule has 1 aliphatic carbocycles. The topological polar surface area (TPSA) is 40.9 Å². The Labute approximate surface area is 60.8 Å². The molecule has 0 N–H and O–H groups in total. The minimum Gasteiger partial charge on any atom is -0.300 e. The van der Waals surface area contributed by atoms with Crippen molar-refractivity contribution in [3.05, 3.63) is 0 Å². The summed E-state index contributed by atoms with van der Waals surface area (Å²) >= 11 is 0. The number of Topliss-reactive ketones (excluding diaryl/α,β-unsaturated/α-hetero) is 1. The molecule has 0 radical (unpaired) electrons. The van der Waals surface area contributed by atoms with Gasteiger partial charge >= 0.3 is 0 Å². The van der Waals surface area contributed by atoms with Gasteiger partial charge in [-0.3, -0.25) is 4.79 Å². The van der Waals surface area contributed by atoms with Crippen LogP contribution in [-0.2, 0) is 4.79 Å². The maximum atomic E-state index is 10.8. The van der Waals surface area contributed by atoms with Crippen LogP contribution in [0.3, 0.4) is 0 Å². The number of nitriles is 1. The molecule has 0 aromatic rings. The van der Waals surface area contributed by atoms with Crippen molar-refractivity contribution in [2.45, 2.75) is 20.8 Å². The first-order chi connectivity index (χ1) is 4.51. The van der Waals surface area contributed by atoms with E-state index in [-0.39, 0.29) is 23.0 Å². The van der Waals surface area contributed by atoms with E-state index in [1.54, 1.807) is 6.92 Å². The molecule has 1 fully saturated rings. The predicted molar refractivity (Wildman–Crippen MR) is 37.1 cm³/mol. The number of hydrogen-bond donors (Lipinski definition) is 0. The number of ketones is 1. The Balaban J connectivity index is 2.73. The van der Waals surface area contributed by atoms with Gasteiger partial charge in [0, 0.05) is 5.92 Å². The van der Waals surface area contributed by atoms with Crippen molar-refractivity contribution in [3.8, 4) is 6.07 Å². The SMILES string of the molecule is CC(=O)[C@@H]1[C@H](C#N)C1(C)C. The van der Waals surface area contributed by atoms with Crippen LogP contribution < -0.4 is 0 Å². The van der Waals surface area contributed by atoms with Crippen molar-refractivity contribution in [2.75, 3.05) is 0 Å². The predicted octanol–water partition coefficient (Wildman–Crippen LogP) is 1.37. The van der Waals surface area contributed by atoms with E-state index in [0.717, 1.165) is 0 Å². The molecule has 2 heteroatoms. The van der Waals surface area contributed by atoms with Crippen molar-refractivity contribution < 1.29 is 4.79 Å². The first kappa shape index (κ1) is 7.27. The zero-order chi connectivity index (χ0) is 7.94. The van der Waals surface area contributed by atoms with Gasteiger partial charge in [-0.15, -0.1) is 0 Å². The molecule has 0 unspecified atom stereocenters. The van der Waals surface area contributed by atoms with E-state index in [2.05, 4.69) is 6.07 Å². The van der Waals surface area contributed by atoms with E-state index >= 15 is 0 Å². The number of carbonyl (C=O) groups is 1. The van der Waals surface area contributed by atoms with Crippen LogP contribution in [0.4, 0.5) is 0 Å². The van der Waals surface area contributed by atoms with E-state index in [4.69, 9.17) is 5.26 Å². The average molecular weight is 137 g/mol. The molecular formula is C8H11NO. The van der Waals surface area contributed by atoms with Gasteiger partial charge in [-0.25, -0.2) is 0 Å². The summed E-state index contributed by atoms with van der Waals surface area (Å²) < 4.78 is 0. The van der Waals surface area contributed by atoms with E-state index in [0.29, 0.717) is 0 Å².